The molecular formula is C14H21NO3S. The molecule has 1 aliphatic carbocycles. The predicted molar refractivity (Wildman–Crippen MR) is 74.3 cm³/mol. The van der Waals surface area contributed by atoms with E-state index in [1.54, 1.807) is 31.2 Å². The number of rotatable bonds is 4. The highest BCUT2D eigenvalue weighted by molar-refractivity contribution is 7.89. The second kappa shape index (κ2) is 5.23. The molecule has 0 heterocycles. The molecule has 1 aromatic carbocycles. The monoisotopic (exact) mass is 283 g/mol. The molecule has 1 fully saturated rings. The number of benzene rings is 1. The summed E-state index contributed by atoms with van der Waals surface area (Å²) in [6.07, 6.45) is 3.33. The van der Waals surface area contributed by atoms with Crippen molar-refractivity contribution in [2.75, 3.05) is 0 Å². The highest BCUT2D eigenvalue weighted by Gasteiger charge is 2.33. The topological polar surface area (TPSA) is 66.4 Å². The summed E-state index contributed by atoms with van der Waals surface area (Å²) < 4.78 is 27.4. The molecule has 2 rings (SSSR count). The fraction of sp³-hybridized carbons (Fsp3) is 0.571. The van der Waals surface area contributed by atoms with Crippen LogP contribution in [0.15, 0.2) is 29.2 Å². The van der Waals surface area contributed by atoms with E-state index in [0.717, 1.165) is 25.7 Å². The van der Waals surface area contributed by atoms with Gasteiger partial charge in [-0.3, -0.25) is 0 Å². The molecule has 1 aromatic rings. The van der Waals surface area contributed by atoms with Gasteiger partial charge in [-0.05, 0) is 44.4 Å². The van der Waals surface area contributed by atoms with E-state index in [-0.39, 0.29) is 10.4 Å². The highest BCUT2D eigenvalue weighted by atomic mass is 32.2. The summed E-state index contributed by atoms with van der Waals surface area (Å²) in [5, 5.41) is 9.42. The lowest BCUT2D eigenvalue weighted by molar-refractivity contribution is 0.199. The van der Waals surface area contributed by atoms with Crippen LogP contribution in [0.2, 0.25) is 0 Å². The molecule has 2 N–H and O–H groups in total. The Kier molecular flexibility index (Phi) is 3.99. The Bertz CT molecular complexity index is 528. The van der Waals surface area contributed by atoms with Crippen molar-refractivity contribution in [1.29, 1.82) is 0 Å². The summed E-state index contributed by atoms with van der Waals surface area (Å²) in [4.78, 5) is 0.255. The van der Waals surface area contributed by atoms with Crippen LogP contribution in [0.3, 0.4) is 0 Å². The molecule has 5 heteroatoms. The van der Waals surface area contributed by atoms with Crippen LogP contribution >= 0.6 is 0 Å². The van der Waals surface area contributed by atoms with Gasteiger partial charge in [0.25, 0.3) is 0 Å². The van der Waals surface area contributed by atoms with Gasteiger partial charge in [0.15, 0.2) is 0 Å². The van der Waals surface area contributed by atoms with Crippen molar-refractivity contribution in [3.05, 3.63) is 29.8 Å². The van der Waals surface area contributed by atoms with Crippen molar-refractivity contribution in [2.45, 2.75) is 56.1 Å². The molecule has 0 radical (unpaired) electrons. The van der Waals surface area contributed by atoms with Crippen molar-refractivity contribution in [2.24, 2.45) is 0 Å². The minimum Gasteiger partial charge on any atom is -0.389 e. The normalized spacial score (nSPS) is 20.4. The number of hydrogen-bond acceptors (Lipinski definition) is 3. The maximum Gasteiger partial charge on any atom is 0.241 e. The summed E-state index contributed by atoms with van der Waals surface area (Å²) in [5.41, 5.74) is 0.396. The van der Waals surface area contributed by atoms with E-state index in [2.05, 4.69) is 4.72 Å². The Balaban J connectivity index is 2.19. The molecule has 0 aliphatic heterocycles. The van der Waals surface area contributed by atoms with Gasteiger partial charge in [-0.25, -0.2) is 13.1 Å². The van der Waals surface area contributed by atoms with E-state index in [1.807, 2.05) is 6.92 Å². The van der Waals surface area contributed by atoms with Gasteiger partial charge in [0.05, 0.1) is 11.0 Å². The van der Waals surface area contributed by atoms with Crippen LogP contribution in [0.4, 0.5) is 0 Å². The van der Waals surface area contributed by atoms with Gasteiger partial charge < -0.3 is 5.11 Å². The van der Waals surface area contributed by atoms with Crippen LogP contribution in [0.1, 0.15) is 51.2 Å². The molecule has 0 bridgehead atoms. The van der Waals surface area contributed by atoms with E-state index in [9.17, 15) is 13.5 Å². The lowest BCUT2D eigenvalue weighted by atomic mass is 10.0. The third-order valence-corrected chi connectivity index (χ3v) is 5.41. The minimum absolute atomic E-state index is 0.255. The zero-order valence-electron chi connectivity index (χ0n) is 11.4. The van der Waals surface area contributed by atoms with Crippen LogP contribution < -0.4 is 4.72 Å². The Morgan fingerprint density at radius 2 is 1.74 bits per heavy atom. The van der Waals surface area contributed by atoms with Crippen molar-refractivity contribution >= 4 is 10.0 Å². The predicted octanol–water partition coefficient (Wildman–Crippen LogP) is 2.35. The highest BCUT2D eigenvalue weighted by Crippen LogP contribution is 2.30. The van der Waals surface area contributed by atoms with E-state index in [1.165, 1.54) is 0 Å². The Labute approximate surface area is 114 Å². The standard InChI is InChI=1S/C14H21NO3S/c1-11(16)12-5-7-13(8-6-12)19(17,18)15-14(2)9-3-4-10-14/h5-8,11,15-16H,3-4,9-10H2,1-2H3. The summed E-state index contributed by atoms with van der Waals surface area (Å²) in [6, 6.07) is 6.39. The quantitative estimate of drug-likeness (QED) is 0.891. The van der Waals surface area contributed by atoms with E-state index in [4.69, 9.17) is 0 Å². The first kappa shape index (κ1) is 14.5. The average molecular weight is 283 g/mol. The van der Waals surface area contributed by atoms with Gasteiger partial charge in [0.2, 0.25) is 10.0 Å². The van der Waals surface area contributed by atoms with Gasteiger partial charge in [-0.15, -0.1) is 0 Å². The van der Waals surface area contributed by atoms with Crippen LogP contribution in [0.25, 0.3) is 0 Å². The largest absolute Gasteiger partial charge is 0.389 e. The first-order chi connectivity index (χ1) is 8.82. The second-order valence-electron chi connectivity index (χ2n) is 5.62. The van der Waals surface area contributed by atoms with E-state index >= 15 is 0 Å². The Morgan fingerprint density at radius 3 is 2.21 bits per heavy atom. The molecule has 0 amide bonds. The van der Waals surface area contributed by atoms with Crippen LogP contribution in [0, 0.1) is 0 Å². The van der Waals surface area contributed by atoms with Crippen molar-refractivity contribution in [1.82, 2.24) is 4.72 Å². The zero-order chi connectivity index (χ0) is 14.1. The van der Waals surface area contributed by atoms with Crippen molar-refractivity contribution in [3.8, 4) is 0 Å². The summed E-state index contributed by atoms with van der Waals surface area (Å²) >= 11 is 0. The van der Waals surface area contributed by atoms with Gasteiger partial charge in [0.1, 0.15) is 0 Å². The molecule has 1 unspecified atom stereocenters. The number of nitrogens with one attached hydrogen (secondary N) is 1. The van der Waals surface area contributed by atoms with Crippen molar-refractivity contribution in [3.63, 3.8) is 0 Å². The Morgan fingerprint density at radius 1 is 1.21 bits per heavy atom. The fourth-order valence-corrected chi connectivity index (χ4v) is 4.03. The van der Waals surface area contributed by atoms with Crippen LogP contribution in [-0.4, -0.2) is 19.1 Å². The lowest BCUT2D eigenvalue weighted by Gasteiger charge is -2.25. The number of aliphatic hydroxyl groups is 1. The molecule has 0 aromatic heterocycles. The van der Waals surface area contributed by atoms with Crippen LogP contribution in [-0.2, 0) is 10.0 Å². The molecular weight excluding hydrogens is 262 g/mol. The first-order valence-electron chi connectivity index (χ1n) is 6.64. The molecule has 1 aliphatic rings. The molecule has 106 valence electrons. The lowest BCUT2D eigenvalue weighted by Crippen LogP contribution is -2.43. The smallest absolute Gasteiger partial charge is 0.241 e. The van der Waals surface area contributed by atoms with Crippen LogP contribution in [0.5, 0.6) is 0 Å². The average Bonchev–Trinajstić information content (AvgIpc) is 2.75. The molecule has 4 nitrogen and oxygen atoms in total. The van der Waals surface area contributed by atoms with Gasteiger partial charge >= 0.3 is 0 Å². The number of sulfonamides is 1. The Hall–Kier alpha value is -0.910. The third kappa shape index (κ3) is 3.35. The van der Waals surface area contributed by atoms with Crippen molar-refractivity contribution < 1.29 is 13.5 Å². The maximum absolute atomic E-state index is 12.3. The van der Waals surface area contributed by atoms with E-state index in [0.29, 0.717) is 5.56 Å². The second-order valence-corrected chi connectivity index (χ2v) is 7.30. The summed E-state index contributed by atoms with van der Waals surface area (Å²) in [6.45, 7) is 3.61. The van der Waals surface area contributed by atoms with Gasteiger partial charge in [-0.2, -0.15) is 0 Å². The molecule has 0 saturated heterocycles. The third-order valence-electron chi connectivity index (χ3n) is 3.76. The van der Waals surface area contributed by atoms with Gasteiger partial charge in [-0.1, -0.05) is 25.0 Å². The summed E-state index contributed by atoms with van der Waals surface area (Å²) in [5.74, 6) is 0. The fourth-order valence-electron chi connectivity index (χ4n) is 2.57. The van der Waals surface area contributed by atoms with E-state index < -0.39 is 16.1 Å². The number of hydrogen-bond donors (Lipinski definition) is 2. The zero-order valence-corrected chi connectivity index (χ0v) is 12.2. The maximum atomic E-state index is 12.3. The molecule has 1 saturated carbocycles. The minimum atomic E-state index is -3.48. The summed E-state index contributed by atoms with van der Waals surface area (Å²) in [7, 11) is -3.48. The SMILES string of the molecule is CC(O)c1ccc(S(=O)(=O)NC2(C)CCCC2)cc1. The first-order valence-corrected chi connectivity index (χ1v) is 8.13. The number of aliphatic hydroxyl groups excluding tert-OH is 1. The molecule has 1 atom stereocenters. The van der Waals surface area contributed by atoms with Gasteiger partial charge in [0, 0.05) is 5.54 Å². The molecule has 0 spiro atoms. The molecule has 19 heavy (non-hydrogen) atoms.